The highest BCUT2D eigenvalue weighted by molar-refractivity contribution is 14.1. The lowest BCUT2D eigenvalue weighted by Gasteiger charge is -2.23. The van der Waals surface area contributed by atoms with Gasteiger partial charge in [0, 0.05) is 16.3 Å². The topological polar surface area (TPSA) is 54.5 Å². The van der Waals surface area contributed by atoms with Crippen molar-refractivity contribution in [1.29, 1.82) is 0 Å². The molecular formula is C18H18INO3S. The Morgan fingerprint density at radius 3 is 2.38 bits per heavy atom. The normalized spacial score (nSPS) is 20.3. The van der Waals surface area contributed by atoms with E-state index in [1.807, 2.05) is 25.1 Å². The van der Waals surface area contributed by atoms with Gasteiger partial charge in [0.25, 0.3) is 0 Å². The van der Waals surface area contributed by atoms with E-state index in [-0.39, 0.29) is 16.6 Å². The summed E-state index contributed by atoms with van der Waals surface area (Å²) in [6.45, 7) is 3.63. The van der Waals surface area contributed by atoms with E-state index in [2.05, 4.69) is 22.6 Å². The molecule has 1 unspecified atom stereocenters. The van der Waals surface area contributed by atoms with Crippen molar-refractivity contribution in [2.45, 2.75) is 24.2 Å². The van der Waals surface area contributed by atoms with E-state index in [0.717, 1.165) is 20.4 Å². The summed E-state index contributed by atoms with van der Waals surface area (Å²) < 4.78 is 26.7. The Balaban J connectivity index is 2.07. The summed E-state index contributed by atoms with van der Waals surface area (Å²) in [6, 6.07) is 12.5. The van der Waals surface area contributed by atoms with E-state index in [0.29, 0.717) is 0 Å². The van der Waals surface area contributed by atoms with Crippen LogP contribution < -0.4 is 4.90 Å². The second-order valence-electron chi connectivity index (χ2n) is 6.43. The van der Waals surface area contributed by atoms with E-state index in [4.69, 9.17) is 0 Å². The molecule has 1 aliphatic heterocycles. The highest BCUT2D eigenvalue weighted by Gasteiger charge is 2.49. The maximum absolute atomic E-state index is 12.9. The minimum atomic E-state index is -3.58. The molecule has 0 fully saturated rings. The molecule has 6 heteroatoms. The zero-order valence-electron chi connectivity index (χ0n) is 13.7. The lowest BCUT2D eigenvalue weighted by molar-refractivity contribution is -0.121. The molecule has 2 aromatic carbocycles. The van der Waals surface area contributed by atoms with Gasteiger partial charge in [0.15, 0.2) is 9.84 Å². The quantitative estimate of drug-likeness (QED) is 0.668. The Bertz CT molecular complexity index is 922. The minimum absolute atomic E-state index is 0.185. The van der Waals surface area contributed by atoms with Gasteiger partial charge in [-0.15, -0.1) is 0 Å². The summed E-state index contributed by atoms with van der Waals surface area (Å²) in [5.41, 5.74) is 1.48. The van der Waals surface area contributed by atoms with Crippen molar-refractivity contribution in [2.24, 2.45) is 0 Å². The zero-order valence-corrected chi connectivity index (χ0v) is 16.7. The summed E-state index contributed by atoms with van der Waals surface area (Å²) in [7, 11) is -1.89. The van der Waals surface area contributed by atoms with Crippen molar-refractivity contribution in [3.63, 3.8) is 0 Å². The molecule has 1 atom stereocenters. The summed E-state index contributed by atoms with van der Waals surface area (Å²) in [4.78, 5) is 14.6. The number of fused-ring (bicyclic) bond motifs is 1. The number of amides is 1. The fourth-order valence-corrected chi connectivity index (χ4v) is 5.43. The third-order valence-corrected chi connectivity index (χ3v) is 7.17. The van der Waals surface area contributed by atoms with Crippen molar-refractivity contribution < 1.29 is 13.2 Å². The smallest absolute Gasteiger partial charge is 0.238 e. The number of benzene rings is 2. The molecule has 0 spiro atoms. The molecule has 0 saturated carbocycles. The van der Waals surface area contributed by atoms with Crippen LogP contribution in [-0.4, -0.2) is 27.1 Å². The van der Waals surface area contributed by atoms with Gasteiger partial charge >= 0.3 is 0 Å². The van der Waals surface area contributed by atoms with Gasteiger partial charge < -0.3 is 4.90 Å². The van der Waals surface area contributed by atoms with Crippen LogP contribution in [0.25, 0.3) is 0 Å². The van der Waals surface area contributed by atoms with E-state index in [1.165, 1.54) is 0 Å². The SMILES string of the molecule is Cc1ccc(S(=O)(=O)CC2(C)C(=O)N(C)c3ccc(I)cc32)cc1. The number of nitrogens with zero attached hydrogens (tertiary/aromatic N) is 1. The first-order chi connectivity index (χ1) is 11.1. The average molecular weight is 455 g/mol. The molecule has 0 bridgehead atoms. The van der Waals surface area contributed by atoms with Gasteiger partial charge in [-0.3, -0.25) is 4.79 Å². The van der Waals surface area contributed by atoms with Crippen molar-refractivity contribution in [3.8, 4) is 0 Å². The van der Waals surface area contributed by atoms with Gasteiger partial charge in [-0.25, -0.2) is 8.42 Å². The fraction of sp³-hybridized carbons (Fsp3) is 0.278. The molecular weight excluding hydrogens is 437 g/mol. The first-order valence-corrected chi connectivity index (χ1v) is 10.3. The Labute approximate surface area is 155 Å². The van der Waals surface area contributed by atoms with Gasteiger partial charge in [0.05, 0.1) is 16.1 Å². The molecule has 3 rings (SSSR count). The Morgan fingerprint density at radius 1 is 1.12 bits per heavy atom. The maximum atomic E-state index is 12.9. The number of aryl methyl sites for hydroxylation is 1. The summed E-state index contributed by atoms with van der Waals surface area (Å²) >= 11 is 2.18. The molecule has 2 aromatic rings. The van der Waals surface area contributed by atoms with Crippen LogP contribution in [-0.2, 0) is 20.0 Å². The summed E-state index contributed by atoms with van der Waals surface area (Å²) in [6.07, 6.45) is 0. The maximum Gasteiger partial charge on any atom is 0.238 e. The number of hydrogen-bond acceptors (Lipinski definition) is 3. The molecule has 1 aliphatic rings. The van der Waals surface area contributed by atoms with E-state index >= 15 is 0 Å². The number of carbonyl (C=O) groups is 1. The molecule has 0 aliphatic carbocycles. The lowest BCUT2D eigenvalue weighted by atomic mass is 9.86. The van der Waals surface area contributed by atoms with Crippen LogP contribution in [0.1, 0.15) is 18.1 Å². The molecule has 0 saturated heterocycles. The van der Waals surface area contributed by atoms with Crippen molar-refractivity contribution in [1.82, 2.24) is 0 Å². The second-order valence-corrected chi connectivity index (χ2v) is 9.67. The van der Waals surface area contributed by atoms with Gasteiger partial charge in [-0.1, -0.05) is 17.7 Å². The van der Waals surface area contributed by atoms with E-state index in [9.17, 15) is 13.2 Å². The molecule has 0 N–H and O–H groups in total. The molecule has 1 amide bonds. The number of hydrogen-bond donors (Lipinski definition) is 0. The third-order valence-electron chi connectivity index (χ3n) is 4.55. The highest BCUT2D eigenvalue weighted by Crippen LogP contribution is 2.43. The van der Waals surface area contributed by atoms with Crippen LogP contribution in [0.3, 0.4) is 0 Å². The predicted molar refractivity (Wildman–Crippen MR) is 103 cm³/mol. The van der Waals surface area contributed by atoms with Crippen LogP contribution in [0.2, 0.25) is 0 Å². The van der Waals surface area contributed by atoms with Gasteiger partial charge in [0.1, 0.15) is 0 Å². The molecule has 0 aromatic heterocycles. The lowest BCUT2D eigenvalue weighted by Crippen LogP contribution is -2.41. The predicted octanol–water partition coefficient (Wildman–Crippen LogP) is 3.31. The number of rotatable bonds is 3. The van der Waals surface area contributed by atoms with Gasteiger partial charge in [-0.2, -0.15) is 0 Å². The number of likely N-dealkylation sites (N-methyl/N-ethyl adjacent to an activating group) is 1. The van der Waals surface area contributed by atoms with Crippen LogP contribution in [0.5, 0.6) is 0 Å². The first-order valence-electron chi connectivity index (χ1n) is 7.53. The van der Waals surface area contributed by atoms with Crippen molar-refractivity contribution in [2.75, 3.05) is 17.7 Å². The van der Waals surface area contributed by atoms with Crippen LogP contribution in [0.4, 0.5) is 5.69 Å². The van der Waals surface area contributed by atoms with E-state index in [1.54, 1.807) is 43.1 Å². The Morgan fingerprint density at radius 2 is 1.75 bits per heavy atom. The molecule has 4 nitrogen and oxygen atoms in total. The molecule has 24 heavy (non-hydrogen) atoms. The highest BCUT2D eigenvalue weighted by atomic mass is 127. The van der Waals surface area contributed by atoms with E-state index < -0.39 is 15.3 Å². The monoisotopic (exact) mass is 455 g/mol. The second kappa shape index (κ2) is 5.84. The number of carbonyl (C=O) groups excluding carboxylic acids is 1. The van der Waals surface area contributed by atoms with Crippen molar-refractivity contribution in [3.05, 3.63) is 57.2 Å². The number of halogens is 1. The van der Waals surface area contributed by atoms with Crippen LogP contribution in [0, 0.1) is 10.5 Å². The molecule has 0 radical (unpaired) electrons. The van der Waals surface area contributed by atoms with Gasteiger partial charge in [-0.05, 0) is 72.3 Å². The minimum Gasteiger partial charge on any atom is -0.314 e. The number of anilines is 1. The fourth-order valence-electron chi connectivity index (χ4n) is 3.19. The largest absolute Gasteiger partial charge is 0.314 e. The number of sulfone groups is 1. The average Bonchev–Trinajstić information content (AvgIpc) is 2.69. The third kappa shape index (κ3) is 2.75. The molecule has 126 valence electrons. The Kier molecular flexibility index (Phi) is 4.24. The first kappa shape index (κ1) is 17.4. The summed E-state index contributed by atoms with van der Waals surface area (Å²) in [5, 5.41) is 0. The molecule has 1 heterocycles. The van der Waals surface area contributed by atoms with Crippen molar-refractivity contribution >= 4 is 44.0 Å². The van der Waals surface area contributed by atoms with Gasteiger partial charge in [0.2, 0.25) is 5.91 Å². The van der Waals surface area contributed by atoms with Crippen LogP contribution >= 0.6 is 22.6 Å². The zero-order chi connectivity index (χ0) is 17.7. The Hall–Kier alpha value is -1.41. The summed E-state index contributed by atoms with van der Waals surface area (Å²) in [5.74, 6) is -0.422. The van der Waals surface area contributed by atoms with Crippen LogP contribution in [0.15, 0.2) is 47.4 Å². The standard InChI is InChI=1S/C18H18INO3S/c1-12-4-7-14(8-5-12)24(22,23)11-18(2)15-10-13(19)6-9-16(15)20(3)17(18)21/h4-10H,11H2,1-3H3.